The molecule has 1 aliphatic heterocycles. The van der Waals surface area contributed by atoms with E-state index in [2.05, 4.69) is 9.88 Å². The van der Waals surface area contributed by atoms with Gasteiger partial charge in [-0.3, -0.25) is 9.88 Å². The summed E-state index contributed by atoms with van der Waals surface area (Å²) in [5.41, 5.74) is 1.73. The summed E-state index contributed by atoms with van der Waals surface area (Å²) in [5, 5.41) is 11.2. The van der Waals surface area contributed by atoms with Crippen LogP contribution in [0.2, 0.25) is 0 Å². The first-order valence-corrected chi connectivity index (χ1v) is 9.17. The lowest BCUT2D eigenvalue weighted by molar-refractivity contribution is -0.209. The molecule has 2 aliphatic rings. The van der Waals surface area contributed by atoms with Crippen LogP contribution in [0.15, 0.2) is 30.5 Å². The fraction of sp³-hybridized carbons (Fsp3) is 0.550. The van der Waals surface area contributed by atoms with Gasteiger partial charge in [-0.15, -0.1) is 0 Å². The molecule has 134 valence electrons. The molecule has 1 saturated heterocycles. The molecule has 5 heteroatoms. The van der Waals surface area contributed by atoms with Gasteiger partial charge in [0.25, 0.3) is 0 Å². The van der Waals surface area contributed by atoms with Crippen LogP contribution in [0.25, 0.3) is 10.9 Å². The molecule has 0 bridgehead atoms. The molecule has 1 aromatic heterocycles. The van der Waals surface area contributed by atoms with Crippen LogP contribution in [0.3, 0.4) is 0 Å². The van der Waals surface area contributed by atoms with Gasteiger partial charge in [0.05, 0.1) is 17.7 Å². The van der Waals surface area contributed by atoms with E-state index in [0.717, 1.165) is 48.8 Å². The first-order valence-electron chi connectivity index (χ1n) is 9.17. The van der Waals surface area contributed by atoms with E-state index in [4.69, 9.17) is 4.74 Å². The van der Waals surface area contributed by atoms with Gasteiger partial charge in [0.2, 0.25) is 0 Å². The average Bonchev–Trinajstić information content (AvgIpc) is 2.62. The lowest BCUT2D eigenvalue weighted by atomic mass is 9.58. The Labute approximate surface area is 147 Å². The molecule has 1 N–H and O–H groups in total. The van der Waals surface area contributed by atoms with Crippen molar-refractivity contribution in [1.29, 1.82) is 0 Å². The van der Waals surface area contributed by atoms with Crippen LogP contribution in [-0.2, 0) is 11.3 Å². The van der Waals surface area contributed by atoms with Crippen molar-refractivity contribution in [3.63, 3.8) is 0 Å². The van der Waals surface area contributed by atoms with Crippen molar-refractivity contribution in [2.45, 2.75) is 44.9 Å². The maximum absolute atomic E-state index is 13.9. The second-order valence-corrected chi connectivity index (χ2v) is 7.34. The van der Waals surface area contributed by atoms with E-state index in [9.17, 15) is 9.50 Å². The van der Waals surface area contributed by atoms with E-state index >= 15 is 0 Å². The number of rotatable bonds is 4. The first-order chi connectivity index (χ1) is 12.1. The van der Waals surface area contributed by atoms with Gasteiger partial charge in [0.1, 0.15) is 5.82 Å². The molecule has 1 spiro atoms. The van der Waals surface area contributed by atoms with Crippen LogP contribution >= 0.6 is 0 Å². The second-order valence-electron chi connectivity index (χ2n) is 7.34. The summed E-state index contributed by atoms with van der Waals surface area (Å²) in [6, 6.07) is 6.87. The molecular formula is C20H25FN2O2. The summed E-state index contributed by atoms with van der Waals surface area (Å²) in [6.07, 6.45) is 4.31. The highest BCUT2D eigenvalue weighted by Gasteiger charge is 2.55. The largest absolute Gasteiger partial charge is 0.392 e. The van der Waals surface area contributed by atoms with Gasteiger partial charge in [0.15, 0.2) is 0 Å². The number of hydrogen-bond donors (Lipinski definition) is 1. The van der Waals surface area contributed by atoms with Crippen molar-refractivity contribution in [2.75, 3.05) is 19.7 Å². The number of halogens is 1. The van der Waals surface area contributed by atoms with Gasteiger partial charge < -0.3 is 9.84 Å². The van der Waals surface area contributed by atoms with Gasteiger partial charge in [-0.2, -0.15) is 0 Å². The van der Waals surface area contributed by atoms with Crippen LogP contribution in [0.4, 0.5) is 4.39 Å². The Morgan fingerprint density at radius 2 is 2.16 bits per heavy atom. The fourth-order valence-corrected chi connectivity index (χ4v) is 4.53. The number of ether oxygens (including phenoxy) is 1. The van der Waals surface area contributed by atoms with Crippen molar-refractivity contribution < 1.29 is 14.2 Å². The quantitative estimate of drug-likeness (QED) is 0.926. The minimum absolute atomic E-state index is 0.0746. The smallest absolute Gasteiger partial charge is 0.124 e. The number of nitrogens with zero attached hydrogens (tertiary/aromatic N) is 2. The topological polar surface area (TPSA) is 45.6 Å². The molecule has 2 unspecified atom stereocenters. The van der Waals surface area contributed by atoms with E-state index < -0.39 is 0 Å². The molecule has 2 aromatic rings. The maximum atomic E-state index is 13.9. The van der Waals surface area contributed by atoms with E-state index in [1.165, 1.54) is 6.07 Å². The van der Waals surface area contributed by atoms with E-state index in [1.54, 1.807) is 12.3 Å². The molecular weight excluding hydrogens is 319 g/mol. The third kappa shape index (κ3) is 2.94. The molecule has 4 nitrogen and oxygen atoms in total. The highest BCUT2D eigenvalue weighted by atomic mass is 19.1. The van der Waals surface area contributed by atoms with E-state index in [-0.39, 0.29) is 23.4 Å². The Bertz CT molecular complexity index is 756. The molecule has 2 heterocycles. The minimum atomic E-state index is -0.247. The predicted octanol–water partition coefficient (Wildman–Crippen LogP) is 3.13. The number of hydrogen-bond acceptors (Lipinski definition) is 4. The molecule has 0 radical (unpaired) electrons. The van der Waals surface area contributed by atoms with Gasteiger partial charge in [-0.1, -0.05) is 6.07 Å². The number of benzene rings is 1. The maximum Gasteiger partial charge on any atom is 0.124 e. The van der Waals surface area contributed by atoms with Crippen molar-refractivity contribution in [2.24, 2.45) is 5.41 Å². The van der Waals surface area contributed by atoms with Crippen LogP contribution in [0, 0.1) is 11.2 Å². The Balaban J connectivity index is 1.48. The number of piperidine rings is 1. The fourth-order valence-electron chi connectivity index (χ4n) is 4.53. The second kappa shape index (κ2) is 6.63. The van der Waals surface area contributed by atoms with Crippen molar-refractivity contribution >= 4 is 10.9 Å². The molecule has 1 aliphatic carbocycles. The monoisotopic (exact) mass is 344 g/mol. The zero-order valence-electron chi connectivity index (χ0n) is 14.6. The van der Waals surface area contributed by atoms with Crippen molar-refractivity contribution in [3.8, 4) is 0 Å². The summed E-state index contributed by atoms with van der Waals surface area (Å²) in [6.45, 7) is 5.19. The predicted molar refractivity (Wildman–Crippen MR) is 94.7 cm³/mol. The summed E-state index contributed by atoms with van der Waals surface area (Å²) in [4.78, 5) is 6.77. The van der Waals surface area contributed by atoms with Gasteiger partial charge >= 0.3 is 0 Å². The Kier molecular flexibility index (Phi) is 4.48. The molecule has 2 atom stereocenters. The van der Waals surface area contributed by atoms with Gasteiger partial charge in [-0.25, -0.2) is 4.39 Å². The number of aliphatic hydroxyl groups excluding tert-OH is 1. The molecule has 1 saturated carbocycles. The number of fused-ring (bicyclic) bond motifs is 1. The van der Waals surface area contributed by atoms with Gasteiger partial charge in [0, 0.05) is 36.6 Å². The molecule has 4 rings (SSSR count). The zero-order valence-corrected chi connectivity index (χ0v) is 14.6. The third-order valence-corrected chi connectivity index (χ3v) is 6.04. The zero-order chi connectivity index (χ0) is 17.4. The number of aromatic nitrogens is 1. The van der Waals surface area contributed by atoms with E-state index in [1.807, 2.05) is 19.1 Å². The van der Waals surface area contributed by atoms with Crippen LogP contribution in [-0.4, -0.2) is 46.9 Å². The summed E-state index contributed by atoms with van der Waals surface area (Å²) < 4.78 is 19.8. The molecule has 25 heavy (non-hydrogen) atoms. The lowest BCUT2D eigenvalue weighted by Crippen LogP contribution is -2.62. The van der Waals surface area contributed by atoms with E-state index in [0.29, 0.717) is 13.2 Å². The third-order valence-electron chi connectivity index (χ3n) is 6.04. The molecule has 1 aromatic carbocycles. The van der Waals surface area contributed by atoms with Crippen molar-refractivity contribution in [3.05, 3.63) is 41.8 Å². The molecule has 2 fully saturated rings. The lowest BCUT2D eigenvalue weighted by Gasteiger charge is -2.56. The van der Waals surface area contributed by atoms with Crippen molar-refractivity contribution in [1.82, 2.24) is 9.88 Å². The number of pyridine rings is 1. The van der Waals surface area contributed by atoms with Crippen LogP contribution in [0.5, 0.6) is 0 Å². The van der Waals surface area contributed by atoms with Gasteiger partial charge in [-0.05, 0) is 56.6 Å². The standard InChI is InChI=1S/C20H25FN2O2/c1-2-25-18-12-17(24)20(18)5-8-23(9-6-20)13-15-11-16(21)10-14-4-3-7-22-19(14)15/h3-4,7,10-11,17-18,24H,2,5-6,8-9,12-13H2,1H3. The highest BCUT2D eigenvalue weighted by Crippen LogP contribution is 2.51. The average molecular weight is 344 g/mol. The normalized spacial score (nSPS) is 26.0. The minimum Gasteiger partial charge on any atom is -0.392 e. The summed E-state index contributed by atoms with van der Waals surface area (Å²) in [5.74, 6) is -0.213. The highest BCUT2D eigenvalue weighted by molar-refractivity contribution is 5.81. The number of likely N-dealkylation sites (tertiary alicyclic amines) is 1. The SMILES string of the molecule is CCOC1CC(O)C12CCN(Cc1cc(F)cc3cccnc13)CC2. The Morgan fingerprint density at radius 3 is 2.88 bits per heavy atom. The Hall–Kier alpha value is -1.56. The van der Waals surface area contributed by atoms with Crippen LogP contribution in [0.1, 0.15) is 31.7 Å². The number of aliphatic hydroxyl groups is 1. The summed E-state index contributed by atoms with van der Waals surface area (Å²) in [7, 11) is 0. The molecule has 0 amide bonds. The summed E-state index contributed by atoms with van der Waals surface area (Å²) >= 11 is 0. The van der Waals surface area contributed by atoms with Crippen LogP contribution < -0.4 is 0 Å². The Morgan fingerprint density at radius 1 is 1.36 bits per heavy atom. The first kappa shape index (κ1) is 16.9.